The number of rotatable bonds is 7. The molecule has 0 aliphatic carbocycles. The van der Waals surface area contributed by atoms with Gasteiger partial charge >= 0.3 is 12.2 Å². The molecule has 128 valence electrons. The molecular weight excluding hydrogens is 314 g/mol. The predicted molar refractivity (Wildman–Crippen MR) is 81.9 cm³/mol. The van der Waals surface area contributed by atoms with E-state index in [0.717, 1.165) is 0 Å². The Morgan fingerprint density at radius 1 is 1.00 bits per heavy atom. The zero-order valence-electron chi connectivity index (χ0n) is 13.3. The third kappa shape index (κ3) is 12.1. The van der Waals surface area contributed by atoms with Gasteiger partial charge < -0.3 is 25.4 Å². The van der Waals surface area contributed by atoms with E-state index < -0.39 is 23.2 Å². The van der Waals surface area contributed by atoms with E-state index in [1.54, 1.807) is 27.7 Å². The molecule has 0 rings (SSSR count). The number of carbonyl (C=O) groups excluding carboxylic acids is 3. The first kappa shape index (κ1) is 20.3. The van der Waals surface area contributed by atoms with E-state index in [2.05, 4.69) is 16.0 Å². The number of amides is 3. The van der Waals surface area contributed by atoms with Gasteiger partial charge in [0.15, 0.2) is 0 Å². The topological polar surface area (TPSA) is 106 Å². The Balaban J connectivity index is 3.58. The third-order valence-corrected chi connectivity index (χ3v) is 2.26. The number of halogens is 1. The predicted octanol–water partition coefficient (Wildman–Crippen LogP) is 0.981. The van der Waals surface area contributed by atoms with Crippen molar-refractivity contribution < 1.29 is 23.9 Å². The average molecular weight is 338 g/mol. The molecule has 0 radical (unpaired) electrons. The van der Waals surface area contributed by atoms with Crippen molar-refractivity contribution in [2.24, 2.45) is 0 Å². The van der Waals surface area contributed by atoms with Crippen LogP contribution in [0.5, 0.6) is 0 Å². The maximum atomic E-state index is 11.3. The molecule has 0 aromatic heterocycles. The summed E-state index contributed by atoms with van der Waals surface area (Å²) in [5, 5.41) is 6.80. The first-order valence-electron chi connectivity index (χ1n) is 6.91. The largest absolute Gasteiger partial charge is 0.448 e. The summed E-state index contributed by atoms with van der Waals surface area (Å²) >= 11 is 5.55. The summed E-state index contributed by atoms with van der Waals surface area (Å²) < 4.78 is 9.83. The molecule has 0 saturated heterocycles. The van der Waals surface area contributed by atoms with E-state index in [9.17, 15) is 14.4 Å². The van der Waals surface area contributed by atoms with Gasteiger partial charge in [-0.1, -0.05) is 0 Å². The van der Waals surface area contributed by atoms with E-state index in [-0.39, 0.29) is 32.1 Å². The van der Waals surface area contributed by atoms with Crippen molar-refractivity contribution in [1.29, 1.82) is 0 Å². The van der Waals surface area contributed by atoms with Gasteiger partial charge in [-0.15, -0.1) is 11.6 Å². The normalized spacial score (nSPS) is 12.0. The summed E-state index contributed by atoms with van der Waals surface area (Å²) in [5.41, 5.74) is -0.576. The van der Waals surface area contributed by atoms with Gasteiger partial charge in [0.25, 0.3) is 0 Å². The zero-order chi connectivity index (χ0) is 17.2. The minimum Gasteiger partial charge on any atom is -0.448 e. The minimum absolute atomic E-state index is 0.0101. The van der Waals surface area contributed by atoms with Crippen LogP contribution in [0.3, 0.4) is 0 Å². The Kier molecular flexibility index (Phi) is 9.32. The number of hydrogen-bond acceptors (Lipinski definition) is 5. The monoisotopic (exact) mass is 337 g/mol. The first-order valence-corrected chi connectivity index (χ1v) is 7.34. The molecule has 0 aromatic rings. The number of hydrogen-bond donors (Lipinski definition) is 3. The van der Waals surface area contributed by atoms with Gasteiger partial charge in [0.1, 0.15) is 17.6 Å². The highest BCUT2D eigenvalue weighted by molar-refractivity contribution is 6.30. The van der Waals surface area contributed by atoms with Crippen molar-refractivity contribution in [2.45, 2.75) is 38.7 Å². The van der Waals surface area contributed by atoms with Gasteiger partial charge in [-0.3, -0.25) is 4.79 Å². The highest BCUT2D eigenvalue weighted by Gasteiger charge is 2.15. The van der Waals surface area contributed by atoms with Gasteiger partial charge in [-0.2, -0.15) is 0 Å². The fourth-order valence-corrected chi connectivity index (χ4v) is 1.23. The van der Waals surface area contributed by atoms with Crippen LogP contribution in [0.1, 0.15) is 27.7 Å². The molecule has 22 heavy (non-hydrogen) atoms. The number of ether oxygens (including phenoxy) is 2. The molecule has 1 unspecified atom stereocenters. The Hall–Kier alpha value is -1.70. The molecular formula is C13H24ClN3O5. The van der Waals surface area contributed by atoms with Gasteiger partial charge in [-0.05, 0) is 27.7 Å². The van der Waals surface area contributed by atoms with E-state index in [0.29, 0.717) is 0 Å². The van der Waals surface area contributed by atoms with Crippen LogP contribution in [0.25, 0.3) is 0 Å². The zero-order valence-corrected chi connectivity index (χ0v) is 14.1. The number of nitrogens with one attached hydrogen (secondary N) is 3. The summed E-state index contributed by atoms with van der Waals surface area (Å²) in [6, 6.07) is 0. The van der Waals surface area contributed by atoms with E-state index >= 15 is 0 Å². The number of carbonyl (C=O) groups is 3. The van der Waals surface area contributed by atoms with Crippen LogP contribution >= 0.6 is 11.6 Å². The number of alkyl carbamates (subject to hydrolysis) is 2. The lowest BCUT2D eigenvalue weighted by Gasteiger charge is -2.19. The van der Waals surface area contributed by atoms with Gasteiger partial charge in [0, 0.05) is 13.1 Å². The summed E-state index contributed by atoms with van der Waals surface area (Å²) in [6.45, 7) is 7.42. The van der Waals surface area contributed by atoms with Crippen molar-refractivity contribution >= 4 is 29.7 Å². The van der Waals surface area contributed by atoms with Crippen LogP contribution in [-0.2, 0) is 14.3 Å². The van der Waals surface area contributed by atoms with Crippen molar-refractivity contribution in [3.63, 3.8) is 0 Å². The molecule has 0 bridgehead atoms. The summed E-state index contributed by atoms with van der Waals surface area (Å²) in [4.78, 5) is 33.7. The van der Waals surface area contributed by atoms with Crippen LogP contribution in [0.4, 0.5) is 9.59 Å². The summed E-state index contributed by atoms with van der Waals surface area (Å²) in [7, 11) is 0. The summed E-state index contributed by atoms with van der Waals surface area (Å²) in [5.74, 6) is -0.307. The Bertz CT molecular complexity index is 382. The third-order valence-electron chi connectivity index (χ3n) is 2.06. The molecule has 3 N–H and O–H groups in total. The highest BCUT2D eigenvalue weighted by Crippen LogP contribution is 2.05. The van der Waals surface area contributed by atoms with Crippen molar-refractivity contribution in [1.82, 2.24) is 16.0 Å². The highest BCUT2D eigenvalue weighted by atomic mass is 35.5. The van der Waals surface area contributed by atoms with Crippen LogP contribution in [0.2, 0.25) is 0 Å². The molecule has 0 fully saturated rings. The van der Waals surface area contributed by atoms with Crippen LogP contribution < -0.4 is 16.0 Å². The Labute approximate surface area is 135 Å². The fourth-order valence-electron chi connectivity index (χ4n) is 1.15. The fraction of sp³-hybridized carbons (Fsp3) is 0.769. The molecule has 0 aromatic carbocycles. The standard InChI is InChI=1S/C13H24ClN3O5/c1-9(14)10(18)15-5-6-16-11(19)21-8-7-17-12(20)22-13(2,3)4/h9H,5-8H2,1-4H3,(H,15,18)(H,16,19)(H,17,20). The van der Waals surface area contributed by atoms with Crippen LogP contribution in [0.15, 0.2) is 0 Å². The van der Waals surface area contributed by atoms with Crippen molar-refractivity contribution in [3.8, 4) is 0 Å². The van der Waals surface area contributed by atoms with Gasteiger partial charge in [-0.25, -0.2) is 9.59 Å². The van der Waals surface area contributed by atoms with Crippen LogP contribution in [-0.4, -0.2) is 55.3 Å². The molecule has 0 heterocycles. The molecule has 0 aliphatic rings. The lowest BCUT2D eigenvalue weighted by molar-refractivity contribution is -0.120. The van der Waals surface area contributed by atoms with Gasteiger partial charge in [0.05, 0.1) is 6.54 Å². The lowest BCUT2D eigenvalue weighted by atomic mass is 10.2. The second-order valence-electron chi connectivity index (χ2n) is 5.40. The van der Waals surface area contributed by atoms with Crippen LogP contribution in [0, 0.1) is 0 Å². The molecule has 9 heteroatoms. The first-order chi connectivity index (χ1) is 10.1. The number of alkyl halides is 1. The molecule has 1 atom stereocenters. The Morgan fingerprint density at radius 3 is 2.09 bits per heavy atom. The van der Waals surface area contributed by atoms with E-state index in [4.69, 9.17) is 21.1 Å². The maximum absolute atomic E-state index is 11.3. The quantitative estimate of drug-likeness (QED) is 0.474. The van der Waals surface area contributed by atoms with E-state index in [1.165, 1.54) is 0 Å². The molecule has 8 nitrogen and oxygen atoms in total. The molecule has 0 saturated carbocycles. The summed E-state index contributed by atoms with van der Waals surface area (Å²) in [6.07, 6.45) is -1.21. The Morgan fingerprint density at radius 2 is 1.55 bits per heavy atom. The smallest absolute Gasteiger partial charge is 0.407 e. The SMILES string of the molecule is CC(Cl)C(=O)NCCNC(=O)OCCNC(=O)OC(C)(C)C. The minimum atomic E-state index is -0.640. The van der Waals surface area contributed by atoms with Gasteiger partial charge in [0.2, 0.25) is 5.91 Å². The maximum Gasteiger partial charge on any atom is 0.407 e. The second kappa shape index (κ2) is 10.1. The van der Waals surface area contributed by atoms with Crippen molar-refractivity contribution in [2.75, 3.05) is 26.2 Å². The molecule has 0 spiro atoms. The van der Waals surface area contributed by atoms with Crippen molar-refractivity contribution in [3.05, 3.63) is 0 Å². The average Bonchev–Trinajstić information content (AvgIpc) is 2.37. The lowest BCUT2D eigenvalue weighted by Crippen LogP contribution is -2.38. The van der Waals surface area contributed by atoms with E-state index in [1.807, 2.05) is 0 Å². The molecule has 0 aliphatic heterocycles. The molecule has 3 amide bonds. The second-order valence-corrected chi connectivity index (χ2v) is 6.05.